The molecule has 5 nitrogen and oxygen atoms in total. The van der Waals surface area contributed by atoms with Crippen molar-refractivity contribution in [3.8, 4) is 0 Å². The van der Waals surface area contributed by atoms with Gasteiger partial charge in [-0.15, -0.1) is 0 Å². The zero-order valence-corrected chi connectivity index (χ0v) is 12.2. The molecule has 2 fully saturated rings. The van der Waals surface area contributed by atoms with Gasteiger partial charge in [0.25, 0.3) is 0 Å². The van der Waals surface area contributed by atoms with E-state index in [2.05, 4.69) is 14.9 Å². The summed E-state index contributed by atoms with van der Waals surface area (Å²) >= 11 is 0. The highest BCUT2D eigenvalue weighted by molar-refractivity contribution is 7.89. The second kappa shape index (κ2) is 4.59. The summed E-state index contributed by atoms with van der Waals surface area (Å²) < 4.78 is 27.5. The molecule has 2 bridgehead atoms. The van der Waals surface area contributed by atoms with Crippen molar-refractivity contribution < 1.29 is 8.42 Å². The molecule has 0 amide bonds. The van der Waals surface area contributed by atoms with Gasteiger partial charge in [0.15, 0.2) is 0 Å². The fraction of sp³-hybridized carbons (Fsp3) is 0.769. The number of rotatable bonds is 4. The molecule has 4 unspecified atom stereocenters. The minimum Gasteiger partial charge on any atom is -0.281 e. The maximum atomic E-state index is 12.3. The average molecular weight is 283 g/mol. The van der Waals surface area contributed by atoms with Crippen LogP contribution in [0, 0.1) is 24.7 Å². The molecule has 2 saturated carbocycles. The number of H-pyrrole nitrogens is 1. The normalized spacial score (nSPS) is 31.8. The lowest BCUT2D eigenvalue weighted by Crippen LogP contribution is -2.40. The number of aryl methyl sites for hydroxylation is 1. The van der Waals surface area contributed by atoms with Gasteiger partial charge >= 0.3 is 0 Å². The van der Waals surface area contributed by atoms with E-state index < -0.39 is 10.0 Å². The first-order valence-corrected chi connectivity index (χ1v) is 8.48. The van der Waals surface area contributed by atoms with Gasteiger partial charge in [-0.05, 0) is 50.9 Å². The molecule has 2 aliphatic carbocycles. The van der Waals surface area contributed by atoms with Crippen molar-refractivity contribution in [2.45, 2.75) is 50.5 Å². The number of nitrogens with one attached hydrogen (secondary N) is 2. The average Bonchev–Trinajstić information content (AvgIpc) is 3.02. The summed E-state index contributed by atoms with van der Waals surface area (Å²) in [6.07, 6.45) is 6.46. The van der Waals surface area contributed by atoms with Crippen molar-refractivity contribution in [2.24, 2.45) is 17.8 Å². The van der Waals surface area contributed by atoms with Gasteiger partial charge in [0, 0.05) is 6.04 Å². The molecule has 0 saturated heterocycles. The Bertz CT molecular complexity index is 566. The largest absolute Gasteiger partial charge is 0.281 e. The van der Waals surface area contributed by atoms with Crippen LogP contribution < -0.4 is 4.72 Å². The van der Waals surface area contributed by atoms with Crippen molar-refractivity contribution in [1.82, 2.24) is 14.9 Å². The maximum Gasteiger partial charge on any atom is 0.244 e. The van der Waals surface area contributed by atoms with Crippen LogP contribution in [0.4, 0.5) is 0 Å². The molecule has 0 spiro atoms. The van der Waals surface area contributed by atoms with E-state index in [1.807, 2.05) is 6.92 Å². The molecule has 1 aromatic rings. The van der Waals surface area contributed by atoms with Crippen LogP contribution in [-0.4, -0.2) is 24.7 Å². The van der Waals surface area contributed by atoms with Gasteiger partial charge in [-0.1, -0.05) is 6.42 Å². The van der Waals surface area contributed by atoms with Crippen LogP contribution in [0.3, 0.4) is 0 Å². The third kappa shape index (κ3) is 2.31. The minimum atomic E-state index is -3.44. The van der Waals surface area contributed by atoms with Crippen LogP contribution in [0.5, 0.6) is 0 Å². The van der Waals surface area contributed by atoms with Crippen LogP contribution in [0.15, 0.2) is 11.1 Å². The smallest absolute Gasteiger partial charge is 0.244 e. The Morgan fingerprint density at radius 1 is 1.42 bits per heavy atom. The quantitative estimate of drug-likeness (QED) is 0.885. The molecule has 19 heavy (non-hydrogen) atoms. The number of nitrogens with zero attached hydrogens (tertiary/aromatic N) is 1. The van der Waals surface area contributed by atoms with Gasteiger partial charge in [0.1, 0.15) is 4.90 Å². The van der Waals surface area contributed by atoms with E-state index >= 15 is 0 Å². The molecule has 0 radical (unpaired) electrons. The Morgan fingerprint density at radius 2 is 2.21 bits per heavy atom. The van der Waals surface area contributed by atoms with Crippen molar-refractivity contribution >= 4 is 10.0 Å². The molecule has 106 valence electrons. The highest BCUT2D eigenvalue weighted by Crippen LogP contribution is 2.49. The highest BCUT2D eigenvalue weighted by Gasteiger charge is 2.42. The van der Waals surface area contributed by atoms with Gasteiger partial charge < -0.3 is 0 Å². The van der Waals surface area contributed by atoms with Gasteiger partial charge in [-0.3, -0.25) is 5.10 Å². The van der Waals surface area contributed by atoms with E-state index in [1.54, 1.807) is 6.92 Å². The topological polar surface area (TPSA) is 74.8 Å². The summed E-state index contributed by atoms with van der Waals surface area (Å²) in [6.45, 7) is 3.72. The predicted molar refractivity (Wildman–Crippen MR) is 72.0 cm³/mol. The minimum absolute atomic E-state index is 0.00889. The highest BCUT2D eigenvalue weighted by atomic mass is 32.2. The zero-order chi connectivity index (χ0) is 13.6. The first kappa shape index (κ1) is 13.1. The van der Waals surface area contributed by atoms with E-state index in [4.69, 9.17) is 0 Å². The number of fused-ring (bicyclic) bond motifs is 2. The van der Waals surface area contributed by atoms with Crippen molar-refractivity contribution in [3.63, 3.8) is 0 Å². The lowest BCUT2D eigenvalue weighted by Gasteiger charge is -2.28. The first-order valence-electron chi connectivity index (χ1n) is 6.99. The Balaban J connectivity index is 1.73. The number of aromatic amines is 1. The van der Waals surface area contributed by atoms with Gasteiger partial charge in [0.2, 0.25) is 10.0 Å². The molecule has 0 aliphatic heterocycles. The van der Waals surface area contributed by atoms with E-state index in [-0.39, 0.29) is 10.9 Å². The summed E-state index contributed by atoms with van der Waals surface area (Å²) in [5, 5.41) is 6.46. The Hall–Kier alpha value is -0.880. The number of hydrogen-bond acceptors (Lipinski definition) is 3. The first-order chi connectivity index (χ1) is 8.97. The monoisotopic (exact) mass is 283 g/mol. The molecule has 4 atom stereocenters. The maximum absolute atomic E-state index is 12.3. The molecule has 2 N–H and O–H groups in total. The second-order valence-electron chi connectivity index (χ2n) is 6.11. The van der Waals surface area contributed by atoms with Gasteiger partial charge in [-0.25, -0.2) is 13.1 Å². The fourth-order valence-electron chi connectivity index (χ4n) is 3.91. The zero-order valence-electron chi connectivity index (χ0n) is 11.4. The third-order valence-electron chi connectivity index (χ3n) is 4.85. The second-order valence-corrected chi connectivity index (χ2v) is 7.79. The van der Waals surface area contributed by atoms with E-state index in [1.165, 1.54) is 31.9 Å². The van der Waals surface area contributed by atoms with Crippen LogP contribution in [0.2, 0.25) is 0 Å². The third-order valence-corrected chi connectivity index (χ3v) is 6.52. The molecule has 2 aliphatic rings. The molecular formula is C13H21N3O2S. The Morgan fingerprint density at radius 3 is 2.74 bits per heavy atom. The lowest BCUT2D eigenvalue weighted by molar-refractivity contribution is 0.280. The van der Waals surface area contributed by atoms with Crippen molar-refractivity contribution in [1.29, 1.82) is 0 Å². The van der Waals surface area contributed by atoms with Gasteiger partial charge in [0.05, 0.1) is 11.9 Å². The summed E-state index contributed by atoms with van der Waals surface area (Å²) in [7, 11) is -3.44. The molecule has 1 heterocycles. The summed E-state index contributed by atoms with van der Waals surface area (Å²) in [5.74, 6) is 2.05. The summed E-state index contributed by atoms with van der Waals surface area (Å²) in [5.41, 5.74) is 0.590. The Kier molecular flexibility index (Phi) is 3.17. The van der Waals surface area contributed by atoms with E-state index in [9.17, 15) is 8.42 Å². The van der Waals surface area contributed by atoms with Crippen LogP contribution >= 0.6 is 0 Å². The van der Waals surface area contributed by atoms with Crippen LogP contribution in [0.1, 0.15) is 38.3 Å². The predicted octanol–water partition coefficient (Wildman–Crippen LogP) is 1.82. The number of hydrogen-bond donors (Lipinski definition) is 2. The SMILES string of the molecule is Cc1[nH]ncc1S(=O)(=O)NC(C)C1CC2CCC1C2. The van der Waals surface area contributed by atoms with Crippen LogP contribution in [0.25, 0.3) is 0 Å². The molecule has 1 aromatic heterocycles. The standard InChI is InChI=1S/C13H21N3O2S/c1-8(12-6-10-3-4-11(12)5-10)16-19(17,18)13-7-14-15-9(13)2/h7-8,10-12,16H,3-6H2,1-2H3,(H,14,15). The van der Waals surface area contributed by atoms with E-state index in [0.29, 0.717) is 17.5 Å². The number of aromatic nitrogens is 2. The van der Waals surface area contributed by atoms with Crippen molar-refractivity contribution in [3.05, 3.63) is 11.9 Å². The number of sulfonamides is 1. The Labute approximate surface area is 114 Å². The molecule has 6 heteroatoms. The molecule has 0 aromatic carbocycles. The summed E-state index contributed by atoms with van der Waals surface area (Å²) in [4.78, 5) is 0.266. The van der Waals surface area contributed by atoms with E-state index in [0.717, 1.165) is 5.92 Å². The van der Waals surface area contributed by atoms with Gasteiger partial charge in [-0.2, -0.15) is 5.10 Å². The fourth-order valence-corrected chi connectivity index (χ4v) is 5.34. The van der Waals surface area contributed by atoms with Crippen molar-refractivity contribution in [2.75, 3.05) is 0 Å². The molecule has 3 rings (SSSR count). The summed E-state index contributed by atoms with van der Waals surface area (Å²) in [6, 6.07) is 0.00889. The van der Waals surface area contributed by atoms with Crippen LogP contribution in [-0.2, 0) is 10.0 Å². The molecular weight excluding hydrogens is 262 g/mol. The lowest BCUT2D eigenvalue weighted by atomic mass is 9.84.